The van der Waals surface area contributed by atoms with Gasteiger partial charge in [0.15, 0.2) is 0 Å². The van der Waals surface area contributed by atoms with E-state index in [4.69, 9.17) is 5.26 Å². The van der Waals surface area contributed by atoms with Gasteiger partial charge < -0.3 is 15.7 Å². The fourth-order valence-corrected chi connectivity index (χ4v) is 1.40. The van der Waals surface area contributed by atoms with Crippen molar-refractivity contribution >= 4 is 11.6 Å². The summed E-state index contributed by atoms with van der Waals surface area (Å²) in [4.78, 5) is 11.6. The number of phenolic OH excluding ortho intramolecular Hbond substituents is 1. The Morgan fingerprint density at radius 2 is 2.16 bits per heavy atom. The second-order valence-electron chi connectivity index (χ2n) is 4.46. The van der Waals surface area contributed by atoms with E-state index in [2.05, 4.69) is 10.6 Å². The highest BCUT2D eigenvalue weighted by Crippen LogP contribution is 2.23. The first kappa shape index (κ1) is 14.6. The molecule has 0 saturated carbocycles. The van der Waals surface area contributed by atoms with E-state index in [0.29, 0.717) is 5.69 Å². The highest BCUT2D eigenvalue weighted by molar-refractivity contribution is 5.97. The topological polar surface area (TPSA) is 85.2 Å². The van der Waals surface area contributed by atoms with Crippen LogP contribution in [-0.4, -0.2) is 17.1 Å². The van der Waals surface area contributed by atoms with Gasteiger partial charge in [-0.15, -0.1) is 0 Å². The van der Waals surface area contributed by atoms with Gasteiger partial charge in [0.25, 0.3) is 5.91 Å². The molecule has 1 amide bonds. The Balaban J connectivity index is 2.83. The Hall–Kier alpha value is -2.48. The molecule has 0 unspecified atom stereocenters. The summed E-state index contributed by atoms with van der Waals surface area (Å²) >= 11 is 0. The number of anilines is 1. The molecule has 0 aromatic heterocycles. The molecule has 0 atom stereocenters. The number of hydrogen-bond acceptors (Lipinski definition) is 4. The maximum Gasteiger partial charge on any atom is 0.263 e. The van der Waals surface area contributed by atoms with Crippen LogP contribution >= 0.6 is 0 Å². The van der Waals surface area contributed by atoms with Gasteiger partial charge in [-0.3, -0.25) is 4.79 Å². The van der Waals surface area contributed by atoms with Crippen LogP contribution in [0.5, 0.6) is 5.75 Å². The predicted molar refractivity (Wildman–Crippen MR) is 73.4 cm³/mol. The molecule has 100 valence electrons. The van der Waals surface area contributed by atoms with E-state index >= 15 is 0 Å². The third-order valence-corrected chi connectivity index (χ3v) is 2.31. The van der Waals surface area contributed by atoms with Crippen molar-refractivity contribution in [3.63, 3.8) is 0 Å². The van der Waals surface area contributed by atoms with E-state index in [1.807, 2.05) is 32.9 Å². The molecule has 0 radical (unpaired) electrons. The molecule has 1 aromatic rings. The number of nitrogens with one attached hydrogen (secondary N) is 2. The zero-order valence-corrected chi connectivity index (χ0v) is 11.2. The lowest BCUT2D eigenvalue weighted by Crippen LogP contribution is -2.31. The minimum atomic E-state index is -0.448. The maximum absolute atomic E-state index is 11.6. The number of carbonyl (C=O) groups is 1. The molecule has 5 heteroatoms. The molecule has 0 bridgehead atoms. The van der Waals surface area contributed by atoms with E-state index in [0.717, 1.165) is 5.56 Å². The molecular weight excluding hydrogens is 242 g/mol. The minimum absolute atomic E-state index is 0.0444. The molecule has 1 aromatic carbocycles. The van der Waals surface area contributed by atoms with Gasteiger partial charge in [-0.2, -0.15) is 5.26 Å². The first-order chi connectivity index (χ1) is 8.93. The Kier molecular flexibility index (Phi) is 4.95. The Labute approximate surface area is 112 Å². The number of rotatable bonds is 4. The van der Waals surface area contributed by atoms with Crippen molar-refractivity contribution < 1.29 is 9.90 Å². The van der Waals surface area contributed by atoms with Gasteiger partial charge in [-0.1, -0.05) is 6.07 Å². The van der Waals surface area contributed by atoms with Gasteiger partial charge in [-0.25, -0.2) is 0 Å². The molecule has 0 heterocycles. The summed E-state index contributed by atoms with van der Waals surface area (Å²) in [5.41, 5.74) is 1.31. The van der Waals surface area contributed by atoms with Crippen molar-refractivity contribution in [3.8, 4) is 11.8 Å². The van der Waals surface area contributed by atoms with Gasteiger partial charge >= 0.3 is 0 Å². The van der Waals surface area contributed by atoms with Crippen LogP contribution in [0.4, 0.5) is 5.69 Å². The highest BCUT2D eigenvalue weighted by atomic mass is 16.3. The highest BCUT2D eigenvalue weighted by Gasteiger charge is 2.10. The van der Waals surface area contributed by atoms with Gasteiger partial charge in [0.2, 0.25) is 0 Å². The second kappa shape index (κ2) is 6.45. The van der Waals surface area contributed by atoms with E-state index in [1.165, 1.54) is 6.20 Å². The SMILES string of the molecule is Cc1ccc(N/C=C(/C#N)C(=O)NC(C)C)c(O)c1. The number of aryl methyl sites for hydroxylation is 1. The van der Waals surface area contributed by atoms with Crippen molar-refractivity contribution in [1.82, 2.24) is 5.32 Å². The van der Waals surface area contributed by atoms with Crippen LogP contribution in [0.3, 0.4) is 0 Å². The number of aromatic hydroxyl groups is 1. The van der Waals surface area contributed by atoms with Crippen molar-refractivity contribution in [2.45, 2.75) is 26.8 Å². The molecule has 0 fully saturated rings. The molecule has 0 aliphatic carbocycles. The Morgan fingerprint density at radius 1 is 1.47 bits per heavy atom. The number of phenols is 1. The number of carbonyl (C=O) groups excluding carboxylic acids is 1. The lowest BCUT2D eigenvalue weighted by atomic mass is 10.2. The largest absolute Gasteiger partial charge is 0.506 e. The molecule has 1 rings (SSSR count). The van der Waals surface area contributed by atoms with Crippen molar-refractivity contribution in [3.05, 3.63) is 35.5 Å². The fourth-order valence-electron chi connectivity index (χ4n) is 1.40. The summed E-state index contributed by atoms with van der Waals surface area (Å²) in [7, 11) is 0. The Morgan fingerprint density at radius 3 is 2.68 bits per heavy atom. The van der Waals surface area contributed by atoms with Crippen molar-refractivity contribution in [2.24, 2.45) is 0 Å². The molecule has 0 spiro atoms. The molecule has 19 heavy (non-hydrogen) atoms. The van der Waals surface area contributed by atoms with E-state index in [9.17, 15) is 9.90 Å². The van der Waals surface area contributed by atoms with Crippen LogP contribution in [0, 0.1) is 18.3 Å². The standard InChI is InChI=1S/C14H17N3O2/c1-9(2)17-14(19)11(7-15)8-16-12-5-4-10(3)6-13(12)18/h4-6,8-9,16,18H,1-3H3,(H,17,19)/b11-8-. The average Bonchev–Trinajstić information content (AvgIpc) is 2.31. The summed E-state index contributed by atoms with van der Waals surface area (Å²) in [5, 5.41) is 24.0. The number of nitrogens with zero attached hydrogens (tertiary/aromatic N) is 1. The molecule has 0 aliphatic heterocycles. The fraction of sp³-hybridized carbons (Fsp3) is 0.286. The molecular formula is C14H17N3O2. The van der Waals surface area contributed by atoms with E-state index in [1.54, 1.807) is 12.1 Å². The normalized spacial score (nSPS) is 11.0. The third-order valence-electron chi connectivity index (χ3n) is 2.31. The number of amides is 1. The van der Waals surface area contributed by atoms with Crippen LogP contribution in [0.25, 0.3) is 0 Å². The summed E-state index contributed by atoms with van der Waals surface area (Å²) < 4.78 is 0. The van der Waals surface area contributed by atoms with Crippen LogP contribution < -0.4 is 10.6 Å². The lowest BCUT2D eigenvalue weighted by Gasteiger charge is -2.08. The summed E-state index contributed by atoms with van der Waals surface area (Å²) in [6, 6.07) is 6.86. The van der Waals surface area contributed by atoms with E-state index < -0.39 is 5.91 Å². The monoisotopic (exact) mass is 259 g/mol. The van der Waals surface area contributed by atoms with Gasteiger partial charge in [0, 0.05) is 12.2 Å². The summed E-state index contributed by atoms with van der Waals surface area (Å²) in [6.45, 7) is 5.48. The number of benzene rings is 1. The molecule has 3 N–H and O–H groups in total. The van der Waals surface area contributed by atoms with Crippen LogP contribution in [0.15, 0.2) is 30.0 Å². The number of nitriles is 1. The lowest BCUT2D eigenvalue weighted by molar-refractivity contribution is -0.117. The predicted octanol–water partition coefficient (Wildman–Crippen LogP) is 2.04. The summed E-state index contributed by atoms with van der Waals surface area (Å²) in [6.07, 6.45) is 1.28. The third kappa shape index (κ3) is 4.36. The smallest absolute Gasteiger partial charge is 0.263 e. The first-order valence-electron chi connectivity index (χ1n) is 5.91. The summed E-state index contributed by atoms with van der Waals surface area (Å²) in [5.74, 6) is -0.380. The minimum Gasteiger partial charge on any atom is -0.506 e. The zero-order valence-electron chi connectivity index (χ0n) is 11.2. The number of hydrogen-bond donors (Lipinski definition) is 3. The maximum atomic E-state index is 11.6. The van der Waals surface area contributed by atoms with Crippen LogP contribution in [0.1, 0.15) is 19.4 Å². The molecule has 5 nitrogen and oxygen atoms in total. The molecule has 0 aliphatic rings. The van der Waals surface area contributed by atoms with Gasteiger partial charge in [-0.05, 0) is 38.5 Å². The second-order valence-corrected chi connectivity index (χ2v) is 4.46. The Bertz CT molecular complexity index is 542. The van der Waals surface area contributed by atoms with Gasteiger partial charge in [0.05, 0.1) is 5.69 Å². The zero-order chi connectivity index (χ0) is 14.4. The van der Waals surface area contributed by atoms with Crippen LogP contribution in [0.2, 0.25) is 0 Å². The van der Waals surface area contributed by atoms with Crippen LogP contribution in [-0.2, 0) is 4.79 Å². The van der Waals surface area contributed by atoms with Crippen molar-refractivity contribution in [2.75, 3.05) is 5.32 Å². The average molecular weight is 259 g/mol. The molecule has 0 saturated heterocycles. The van der Waals surface area contributed by atoms with Crippen molar-refractivity contribution in [1.29, 1.82) is 5.26 Å². The van der Waals surface area contributed by atoms with Gasteiger partial charge in [0.1, 0.15) is 17.4 Å². The quantitative estimate of drug-likeness (QED) is 0.439. The van der Waals surface area contributed by atoms with E-state index in [-0.39, 0.29) is 17.4 Å². The first-order valence-corrected chi connectivity index (χ1v) is 5.91.